The molecule has 3 rings (SSSR count). The molecule has 1 aliphatic rings. The number of aromatic amines is 1. The molecule has 0 spiro atoms. The van der Waals surface area contributed by atoms with Crippen molar-refractivity contribution in [3.8, 4) is 0 Å². The highest BCUT2D eigenvalue weighted by molar-refractivity contribution is 7.80. The smallest absolute Gasteiger partial charge is 0.327 e. The van der Waals surface area contributed by atoms with Crippen molar-refractivity contribution in [2.75, 3.05) is 60.3 Å². The number of aliphatic carboxylic acids is 3. The van der Waals surface area contributed by atoms with E-state index in [0.29, 0.717) is 24.6 Å². The monoisotopic (exact) mass is 777 g/mol. The number of nitrogens with two attached hydrogens (primary N) is 2. The van der Waals surface area contributed by atoms with Crippen LogP contribution in [0.1, 0.15) is 29.6 Å². The van der Waals surface area contributed by atoms with Crippen LogP contribution in [0.5, 0.6) is 0 Å². The number of carbonyl (C=O) groups excluding carboxylic acids is 4. The van der Waals surface area contributed by atoms with Crippen molar-refractivity contribution in [3.05, 3.63) is 40.2 Å². The molecule has 0 bridgehead atoms. The lowest BCUT2D eigenvalue weighted by atomic mass is 10.1. The van der Waals surface area contributed by atoms with Crippen molar-refractivity contribution < 1.29 is 48.9 Å². The number of hydrogen-bond acceptors (Lipinski definition) is 15. The highest BCUT2D eigenvalue weighted by Gasteiger charge is 2.31. The fourth-order valence-electron chi connectivity index (χ4n) is 5.24. The van der Waals surface area contributed by atoms with E-state index in [9.17, 15) is 43.5 Å². The van der Waals surface area contributed by atoms with Crippen molar-refractivity contribution in [1.82, 2.24) is 31.2 Å². The van der Waals surface area contributed by atoms with E-state index < -0.39 is 85.1 Å². The van der Waals surface area contributed by atoms with Crippen molar-refractivity contribution in [3.63, 3.8) is 0 Å². The number of likely N-dealkylation sites (N-methyl/N-ethyl adjacent to an activating group) is 2. The molecule has 13 N–H and O–H groups in total. The maximum Gasteiger partial charge on any atom is 0.327 e. The van der Waals surface area contributed by atoms with E-state index in [0.717, 1.165) is 5.69 Å². The number of nitrogens with one attached hydrogen (secondary N) is 6. The van der Waals surface area contributed by atoms with E-state index in [2.05, 4.69) is 49.2 Å². The van der Waals surface area contributed by atoms with Crippen molar-refractivity contribution in [1.29, 1.82) is 0 Å². The summed E-state index contributed by atoms with van der Waals surface area (Å²) in [5.41, 5.74) is 12.3. The fourth-order valence-corrected chi connectivity index (χ4v) is 5.49. The Morgan fingerprint density at radius 3 is 2.22 bits per heavy atom. The molecule has 2 aromatic rings. The molecule has 1 aromatic heterocycles. The molecule has 2 heterocycles. The lowest BCUT2D eigenvalue weighted by Crippen LogP contribution is -2.57. The summed E-state index contributed by atoms with van der Waals surface area (Å²) in [7, 11) is 3.60. The van der Waals surface area contributed by atoms with E-state index >= 15 is 0 Å². The third kappa shape index (κ3) is 11.7. The molecule has 0 radical (unpaired) electrons. The molecule has 0 fully saturated rings. The van der Waals surface area contributed by atoms with Gasteiger partial charge >= 0.3 is 17.9 Å². The number of amides is 4. The van der Waals surface area contributed by atoms with Crippen molar-refractivity contribution in [2.24, 2.45) is 5.73 Å². The highest BCUT2D eigenvalue weighted by atomic mass is 32.1. The average Bonchev–Trinajstić information content (AvgIpc) is 3.11. The van der Waals surface area contributed by atoms with Gasteiger partial charge in [0.2, 0.25) is 23.7 Å². The first kappa shape index (κ1) is 42.3. The maximum atomic E-state index is 12.9. The van der Waals surface area contributed by atoms with Gasteiger partial charge in [-0.15, -0.1) is 0 Å². The first-order valence-electron chi connectivity index (χ1n) is 16.3. The SMILES string of the molecule is CN(CC1CNc2nc(N)[nH]c(=O)c2N1C)c1ccc(C(=O)NC(CCC(=O)NCC(N)C(=O)NC(CC(=O)O)C(=O)NC(CS)C(=O)O)C(=O)O)cc1. The number of benzene rings is 1. The average molecular weight is 778 g/mol. The van der Waals surface area contributed by atoms with Gasteiger partial charge < -0.3 is 63.2 Å². The Balaban J connectivity index is 1.49. The Labute approximate surface area is 312 Å². The number of carboxylic acid groups (broad SMARTS) is 3. The molecule has 23 heteroatoms. The number of anilines is 4. The van der Waals surface area contributed by atoms with E-state index in [1.807, 2.05) is 16.8 Å². The summed E-state index contributed by atoms with van der Waals surface area (Å²) < 4.78 is 0. The molecular weight excluding hydrogens is 734 g/mol. The summed E-state index contributed by atoms with van der Waals surface area (Å²) in [6.07, 6.45) is -1.63. The number of H-pyrrole nitrogens is 1. The summed E-state index contributed by atoms with van der Waals surface area (Å²) in [6, 6.07) is 0.123. The van der Waals surface area contributed by atoms with Crippen LogP contribution in [0.25, 0.3) is 0 Å². The van der Waals surface area contributed by atoms with E-state index in [1.165, 1.54) is 12.1 Å². The van der Waals surface area contributed by atoms with Gasteiger partial charge in [0.15, 0.2) is 5.82 Å². The Bertz CT molecular complexity index is 1790. The Kier molecular flexibility index (Phi) is 15.0. The van der Waals surface area contributed by atoms with Crippen molar-refractivity contribution in [2.45, 2.75) is 49.5 Å². The molecule has 0 aliphatic carbocycles. The Morgan fingerprint density at radius 2 is 1.63 bits per heavy atom. The minimum Gasteiger partial charge on any atom is -0.481 e. The number of nitrogen functional groups attached to an aromatic ring is 1. The van der Waals surface area contributed by atoms with Crippen LogP contribution >= 0.6 is 12.6 Å². The van der Waals surface area contributed by atoms with Crippen LogP contribution in [-0.4, -0.2) is 137 Å². The lowest BCUT2D eigenvalue weighted by molar-refractivity contribution is -0.143. The molecule has 5 unspecified atom stereocenters. The quantitative estimate of drug-likeness (QED) is 0.0618. The standard InChI is InChI=1S/C31H43N11O11S/c1-41(12-16-10-35-24-23(42(16)2)28(49)40-31(33)39-24)15-5-3-14(4-6-15)25(46)36-18(29(50)51)7-8-21(43)34-11-17(32)26(47)37-19(9-22(44)45)27(48)38-20(13-54)30(52)53/h3-6,16-20,54H,7-13,32H2,1-2H3,(H,34,43)(H,36,46)(H,37,47)(H,38,48)(H,44,45)(H,50,51)(H,52,53)(H4,33,35,39,40,49). The second kappa shape index (κ2) is 19.1. The number of rotatable bonds is 19. The van der Waals surface area contributed by atoms with Gasteiger partial charge in [-0.25, -0.2) is 9.59 Å². The Morgan fingerprint density at radius 1 is 1.00 bits per heavy atom. The van der Waals surface area contributed by atoms with E-state index in [4.69, 9.17) is 21.7 Å². The summed E-state index contributed by atoms with van der Waals surface area (Å²) in [6.45, 7) is 0.465. The maximum absolute atomic E-state index is 12.9. The summed E-state index contributed by atoms with van der Waals surface area (Å²) in [4.78, 5) is 107. The third-order valence-corrected chi connectivity index (χ3v) is 8.67. The number of thiol groups is 1. The molecule has 0 saturated carbocycles. The first-order valence-corrected chi connectivity index (χ1v) is 16.9. The zero-order valence-electron chi connectivity index (χ0n) is 29.2. The Hall–Kier alpha value is -6.10. The molecule has 1 aromatic carbocycles. The van der Waals surface area contributed by atoms with Gasteiger partial charge in [0.25, 0.3) is 11.5 Å². The van der Waals surface area contributed by atoms with Gasteiger partial charge in [-0.3, -0.25) is 33.8 Å². The molecule has 22 nitrogen and oxygen atoms in total. The largest absolute Gasteiger partial charge is 0.481 e. The van der Waals surface area contributed by atoms with Crippen LogP contribution in [-0.2, 0) is 28.8 Å². The van der Waals surface area contributed by atoms with Crippen molar-refractivity contribution >= 4 is 77.3 Å². The zero-order chi connectivity index (χ0) is 40.3. The normalized spacial score (nSPS) is 15.6. The second-order valence-corrected chi connectivity index (χ2v) is 12.6. The molecule has 54 heavy (non-hydrogen) atoms. The van der Waals surface area contributed by atoms with Gasteiger partial charge in [0.1, 0.15) is 29.9 Å². The summed E-state index contributed by atoms with van der Waals surface area (Å²) >= 11 is 3.80. The number of carbonyl (C=O) groups is 7. The molecule has 5 atom stereocenters. The van der Waals surface area contributed by atoms with Gasteiger partial charge in [-0.05, 0) is 30.7 Å². The molecular formula is C31H43N11O11S. The first-order chi connectivity index (χ1) is 25.4. The van der Waals surface area contributed by atoms with Crippen LogP contribution in [0.4, 0.5) is 23.1 Å². The number of carboxylic acids is 3. The lowest BCUT2D eigenvalue weighted by Gasteiger charge is -2.37. The minimum atomic E-state index is -1.69. The number of hydrogen-bond donors (Lipinski definition) is 12. The molecule has 1 aliphatic heterocycles. The van der Waals surface area contributed by atoms with Crippen LogP contribution in [0, 0.1) is 0 Å². The predicted octanol–water partition coefficient (Wildman–Crippen LogP) is -3.42. The molecule has 294 valence electrons. The number of fused-ring (bicyclic) bond motifs is 1. The molecule has 0 saturated heterocycles. The predicted molar refractivity (Wildman–Crippen MR) is 196 cm³/mol. The minimum absolute atomic E-state index is 0.00268. The van der Waals surface area contributed by atoms with Gasteiger partial charge in [-0.1, -0.05) is 0 Å². The van der Waals surface area contributed by atoms with E-state index in [-0.39, 0.29) is 35.3 Å². The highest BCUT2D eigenvalue weighted by Crippen LogP contribution is 2.26. The van der Waals surface area contributed by atoms with Crippen LogP contribution in [0.2, 0.25) is 0 Å². The fraction of sp³-hybridized carbons (Fsp3) is 0.452. The molecule has 4 amide bonds. The van der Waals surface area contributed by atoms with Gasteiger partial charge in [-0.2, -0.15) is 17.6 Å². The summed E-state index contributed by atoms with van der Waals surface area (Å²) in [5.74, 6) is -7.82. The zero-order valence-corrected chi connectivity index (χ0v) is 30.1. The van der Waals surface area contributed by atoms with Crippen LogP contribution in [0.3, 0.4) is 0 Å². The van der Waals surface area contributed by atoms with Gasteiger partial charge in [0, 0.05) is 57.2 Å². The third-order valence-electron chi connectivity index (χ3n) is 8.30. The topological polar surface area (TPSA) is 345 Å². The van der Waals surface area contributed by atoms with Crippen LogP contribution < -0.4 is 53.4 Å². The number of nitrogens with zero attached hydrogens (tertiary/aromatic N) is 3. The number of aromatic nitrogens is 2. The van der Waals surface area contributed by atoms with Crippen LogP contribution in [0.15, 0.2) is 29.1 Å². The van der Waals surface area contributed by atoms with E-state index in [1.54, 1.807) is 19.2 Å². The second-order valence-electron chi connectivity index (χ2n) is 12.3. The summed E-state index contributed by atoms with van der Waals surface area (Å²) in [5, 5.41) is 39.9. The van der Waals surface area contributed by atoms with Gasteiger partial charge in [0.05, 0.1) is 12.5 Å².